The van der Waals surface area contributed by atoms with E-state index in [0.29, 0.717) is 18.7 Å². The summed E-state index contributed by atoms with van der Waals surface area (Å²) < 4.78 is 5.07. The Morgan fingerprint density at radius 3 is 2.62 bits per heavy atom. The Balaban J connectivity index is 2.36. The summed E-state index contributed by atoms with van der Waals surface area (Å²) in [7, 11) is 0. The first-order valence-corrected chi connectivity index (χ1v) is 6.43. The molecule has 0 fully saturated rings. The van der Waals surface area contributed by atoms with Crippen molar-refractivity contribution in [2.24, 2.45) is 0 Å². The maximum absolute atomic E-state index is 11.3. The van der Waals surface area contributed by atoms with Crippen LogP contribution in [-0.2, 0) is 4.74 Å². The monoisotopic (exact) mass is 290 g/mol. The van der Waals surface area contributed by atoms with E-state index in [4.69, 9.17) is 9.84 Å². The molecule has 0 spiro atoms. The van der Waals surface area contributed by atoms with E-state index >= 15 is 0 Å². The van der Waals surface area contributed by atoms with Crippen LogP contribution in [0.2, 0.25) is 0 Å². The maximum Gasteiger partial charge on any atom is 0.407 e. The second-order valence-electron chi connectivity index (χ2n) is 5.22. The van der Waals surface area contributed by atoms with E-state index in [2.05, 4.69) is 22.1 Å². The number of hydrogen-bond acceptors (Lipinski definition) is 4. The number of pyridine rings is 1. The lowest BCUT2D eigenvalue weighted by Gasteiger charge is -2.19. The number of aromatic nitrogens is 1. The second-order valence-corrected chi connectivity index (χ2v) is 5.22. The zero-order valence-corrected chi connectivity index (χ0v) is 12.3. The summed E-state index contributed by atoms with van der Waals surface area (Å²) in [4.78, 5) is 25.9. The topological polar surface area (TPSA) is 88.5 Å². The van der Waals surface area contributed by atoms with E-state index in [0.717, 1.165) is 0 Å². The highest BCUT2D eigenvalue weighted by atomic mass is 16.6. The van der Waals surface area contributed by atoms with Crippen molar-refractivity contribution >= 4 is 12.1 Å². The molecule has 21 heavy (non-hydrogen) atoms. The molecule has 0 unspecified atom stereocenters. The van der Waals surface area contributed by atoms with Crippen LogP contribution in [0, 0.1) is 11.8 Å². The molecule has 1 rings (SSSR count). The fourth-order valence-corrected chi connectivity index (χ4v) is 1.29. The lowest BCUT2D eigenvalue weighted by Crippen LogP contribution is -2.32. The molecule has 1 heterocycles. The van der Waals surface area contributed by atoms with Gasteiger partial charge in [-0.2, -0.15) is 0 Å². The Hall–Kier alpha value is -2.55. The Morgan fingerprint density at radius 2 is 2.10 bits per heavy atom. The van der Waals surface area contributed by atoms with Crippen molar-refractivity contribution in [3.8, 4) is 11.8 Å². The Morgan fingerprint density at radius 1 is 1.38 bits per heavy atom. The van der Waals surface area contributed by atoms with Crippen LogP contribution in [0.1, 0.15) is 43.2 Å². The third kappa shape index (κ3) is 6.97. The molecule has 0 aromatic carbocycles. The molecule has 6 nitrogen and oxygen atoms in total. The minimum atomic E-state index is -1.02. The first-order valence-electron chi connectivity index (χ1n) is 6.43. The standard InChI is InChI=1S/C15H18N2O4/c1-15(2,3)21-14(20)16-9-5-4-6-12-8-7-11(10-17-12)13(18)19/h7-8,10H,5,9H2,1-3H3,(H,16,20)(H,18,19). The van der Waals surface area contributed by atoms with Crippen molar-refractivity contribution in [3.05, 3.63) is 29.6 Å². The minimum Gasteiger partial charge on any atom is -0.478 e. The van der Waals surface area contributed by atoms with Crippen molar-refractivity contribution in [1.82, 2.24) is 10.3 Å². The zero-order chi connectivity index (χ0) is 15.9. The van der Waals surface area contributed by atoms with Gasteiger partial charge < -0.3 is 15.2 Å². The average Bonchev–Trinajstić information content (AvgIpc) is 2.36. The minimum absolute atomic E-state index is 0.118. The molecule has 112 valence electrons. The number of carboxylic acid groups (broad SMARTS) is 1. The van der Waals surface area contributed by atoms with Crippen molar-refractivity contribution in [3.63, 3.8) is 0 Å². The number of alkyl carbamates (subject to hydrolysis) is 1. The highest BCUT2D eigenvalue weighted by molar-refractivity contribution is 5.87. The van der Waals surface area contributed by atoms with Gasteiger partial charge in [-0.15, -0.1) is 0 Å². The molecule has 0 atom stereocenters. The zero-order valence-electron chi connectivity index (χ0n) is 12.3. The lowest BCUT2D eigenvalue weighted by molar-refractivity contribution is 0.0528. The number of carbonyl (C=O) groups excluding carboxylic acids is 1. The van der Waals surface area contributed by atoms with Crippen LogP contribution in [0.3, 0.4) is 0 Å². The summed E-state index contributed by atoms with van der Waals surface area (Å²) in [6.07, 6.45) is 1.22. The number of hydrogen-bond donors (Lipinski definition) is 2. The van der Waals surface area contributed by atoms with Crippen molar-refractivity contribution < 1.29 is 19.4 Å². The second kappa shape index (κ2) is 7.29. The highest BCUT2D eigenvalue weighted by Gasteiger charge is 2.15. The van der Waals surface area contributed by atoms with Gasteiger partial charge in [0, 0.05) is 19.2 Å². The predicted octanol–water partition coefficient (Wildman–Crippen LogP) is 2.05. The van der Waals surface area contributed by atoms with Crippen LogP contribution in [0.15, 0.2) is 18.3 Å². The Kier molecular flexibility index (Phi) is 5.73. The van der Waals surface area contributed by atoms with Crippen molar-refractivity contribution in [1.29, 1.82) is 0 Å². The maximum atomic E-state index is 11.3. The first kappa shape index (κ1) is 16.5. The number of aromatic carboxylic acids is 1. The lowest BCUT2D eigenvalue weighted by atomic mass is 10.2. The molecule has 0 aliphatic carbocycles. The van der Waals surface area contributed by atoms with Gasteiger partial charge in [0.15, 0.2) is 0 Å². The van der Waals surface area contributed by atoms with E-state index in [1.54, 1.807) is 20.8 Å². The van der Waals surface area contributed by atoms with Crippen LogP contribution < -0.4 is 5.32 Å². The van der Waals surface area contributed by atoms with E-state index < -0.39 is 17.7 Å². The average molecular weight is 290 g/mol. The molecular formula is C15H18N2O4. The van der Waals surface area contributed by atoms with E-state index in [1.807, 2.05) is 0 Å². The first-order chi connectivity index (χ1) is 9.78. The van der Waals surface area contributed by atoms with Gasteiger partial charge in [0.2, 0.25) is 0 Å². The van der Waals surface area contributed by atoms with Crippen LogP contribution in [0.4, 0.5) is 4.79 Å². The number of nitrogens with zero attached hydrogens (tertiary/aromatic N) is 1. The van der Waals surface area contributed by atoms with Crippen molar-refractivity contribution in [2.45, 2.75) is 32.8 Å². The summed E-state index contributed by atoms with van der Waals surface area (Å²) in [6, 6.07) is 2.98. The van der Waals surface area contributed by atoms with Gasteiger partial charge in [-0.1, -0.05) is 5.92 Å². The molecule has 0 aliphatic heterocycles. The predicted molar refractivity (Wildman–Crippen MR) is 76.9 cm³/mol. The molecule has 1 aromatic rings. The van der Waals surface area contributed by atoms with Crippen molar-refractivity contribution in [2.75, 3.05) is 6.54 Å². The van der Waals surface area contributed by atoms with E-state index in [-0.39, 0.29) is 5.56 Å². The summed E-state index contributed by atoms with van der Waals surface area (Å²) in [5, 5.41) is 11.3. The normalized spacial score (nSPS) is 10.2. The number of amides is 1. The number of ether oxygens (including phenoxy) is 1. The SMILES string of the molecule is CC(C)(C)OC(=O)NCCC#Cc1ccc(C(=O)O)cn1. The highest BCUT2D eigenvalue weighted by Crippen LogP contribution is 2.06. The summed E-state index contributed by atoms with van der Waals surface area (Å²) >= 11 is 0. The molecule has 2 N–H and O–H groups in total. The van der Waals surface area contributed by atoms with E-state index in [1.165, 1.54) is 18.3 Å². The third-order valence-corrected chi connectivity index (χ3v) is 2.15. The smallest absolute Gasteiger partial charge is 0.407 e. The van der Waals surface area contributed by atoms with Gasteiger partial charge in [0.05, 0.1) is 5.56 Å². The number of rotatable bonds is 3. The van der Waals surface area contributed by atoms with Gasteiger partial charge in [0.25, 0.3) is 0 Å². The molecule has 0 radical (unpaired) electrons. The number of carbonyl (C=O) groups is 2. The van der Waals surface area contributed by atoms with Gasteiger partial charge in [-0.25, -0.2) is 14.6 Å². The number of carboxylic acids is 1. The van der Waals surface area contributed by atoms with E-state index in [9.17, 15) is 9.59 Å². The molecule has 1 aromatic heterocycles. The fraction of sp³-hybridized carbons (Fsp3) is 0.400. The van der Waals surface area contributed by atoms with Gasteiger partial charge in [-0.3, -0.25) is 0 Å². The quantitative estimate of drug-likeness (QED) is 0.657. The molecular weight excluding hydrogens is 272 g/mol. The van der Waals surface area contributed by atoms with Gasteiger partial charge >= 0.3 is 12.1 Å². The molecule has 0 bridgehead atoms. The van der Waals surface area contributed by atoms with Gasteiger partial charge in [0.1, 0.15) is 11.3 Å². The van der Waals surface area contributed by atoms with Crippen LogP contribution >= 0.6 is 0 Å². The van der Waals surface area contributed by atoms with Gasteiger partial charge in [-0.05, 0) is 38.8 Å². The molecule has 0 saturated carbocycles. The summed E-state index contributed by atoms with van der Waals surface area (Å²) in [6.45, 7) is 5.74. The molecule has 0 aliphatic rings. The molecule has 0 saturated heterocycles. The van der Waals surface area contributed by atoms with Crippen LogP contribution in [-0.4, -0.2) is 34.3 Å². The summed E-state index contributed by atoms with van der Waals surface area (Å²) in [5.74, 6) is 4.60. The third-order valence-electron chi connectivity index (χ3n) is 2.15. The fourth-order valence-electron chi connectivity index (χ4n) is 1.29. The summed E-state index contributed by atoms with van der Waals surface area (Å²) in [5.41, 5.74) is 0.0791. The largest absolute Gasteiger partial charge is 0.478 e. The molecule has 6 heteroatoms. The molecule has 1 amide bonds. The Labute approximate surface area is 123 Å². The van der Waals surface area contributed by atoms with Crippen LogP contribution in [0.5, 0.6) is 0 Å². The number of nitrogens with one attached hydrogen (secondary N) is 1. The Bertz CT molecular complexity index is 562. The van der Waals surface area contributed by atoms with Crippen LogP contribution in [0.25, 0.3) is 0 Å².